The van der Waals surface area contributed by atoms with Gasteiger partial charge in [-0.15, -0.1) is 0 Å². The van der Waals surface area contributed by atoms with Gasteiger partial charge in [0.15, 0.2) is 0 Å². The van der Waals surface area contributed by atoms with Crippen LogP contribution in [0.15, 0.2) is 22.5 Å². The summed E-state index contributed by atoms with van der Waals surface area (Å²) in [6.45, 7) is 12.2. The lowest BCUT2D eigenvalue weighted by atomic mass is 10.5. The Morgan fingerprint density at radius 1 is 1.25 bits per heavy atom. The van der Waals surface area contributed by atoms with Crippen LogP contribution in [0.25, 0.3) is 0 Å². The largest absolute Gasteiger partial charge is 0.0810 e. The topological polar surface area (TPSA) is 0 Å². The maximum Gasteiger partial charge on any atom is 0.0770 e. The molecule has 0 atom stereocenters. The molecule has 0 saturated heterocycles. The third-order valence-corrected chi connectivity index (χ3v) is 6.36. The van der Waals surface area contributed by atoms with Gasteiger partial charge in [-0.05, 0) is 6.42 Å². The van der Waals surface area contributed by atoms with Crippen molar-refractivity contribution < 1.29 is 0 Å². The van der Waals surface area contributed by atoms with Gasteiger partial charge in [-0.2, -0.15) is 0 Å². The van der Waals surface area contributed by atoms with Gasteiger partial charge in [0, 0.05) is 0 Å². The predicted octanol–water partition coefficient (Wildman–Crippen LogP) is 3.41. The minimum atomic E-state index is -1.03. The Kier molecular flexibility index (Phi) is 2.78. The first-order valence-electron chi connectivity index (χ1n) is 4.63. The molecule has 0 spiro atoms. The monoisotopic (exact) mass is 195 g/mol. The predicted molar refractivity (Wildman–Crippen MR) is 61.6 cm³/mol. The van der Waals surface area contributed by atoms with Crippen LogP contribution >= 0.6 is 0 Å². The fraction of sp³-hybridized carbons (Fsp3) is 0.600. The molecule has 1 aliphatic rings. The van der Waals surface area contributed by atoms with Crippen LogP contribution in [0.3, 0.4) is 0 Å². The fourth-order valence-corrected chi connectivity index (χ4v) is 6.33. The van der Waals surface area contributed by atoms with Gasteiger partial charge in [0.25, 0.3) is 0 Å². The summed E-state index contributed by atoms with van der Waals surface area (Å²) in [7, 11) is -1.22. The van der Waals surface area contributed by atoms with Crippen LogP contribution < -0.4 is 0 Å². The van der Waals surface area contributed by atoms with E-state index in [4.69, 9.17) is 0 Å². The summed E-state index contributed by atoms with van der Waals surface area (Å²) < 4.78 is 0. The van der Waals surface area contributed by atoms with Crippen LogP contribution in [0, 0.1) is 0 Å². The average Bonchev–Trinajstić information content (AvgIpc) is 2.30. The summed E-state index contributed by atoms with van der Waals surface area (Å²) in [6.07, 6.45) is 5.99. The van der Waals surface area contributed by atoms with Crippen molar-refractivity contribution in [1.29, 1.82) is 0 Å². The zero-order valence-electron chi connectivity index (χ0n) is 8.86. The third-order valence-electron chi connectivity index (χ3n) is 2.34. The van der Waals surface area contributed by atoms with Crippen molar-refractivity contribution in [3.8, 4) is 0 Å². The number of allylic oxidation sites excluding steroid dienone is 4. The summed E-state index contributed by atoms with van der Waals surface area (Å²) in [5.41, 5.74) is 0. The zero-order chi connectivity index (χ0) is 9.35. The van der Waals surface area contributed by atoms with E-state index in [1.54, 1.807) is 10.4 Å². The van der Waals surface area contributed by atoms with Crippen LogP contribution in [0.1, 0.15) is 6.42 Å². The molecule has 12 heavy (non-hydrogen) atoms. The summed E-state index contributed by atoms with van der Waals surface area (Å²) in [6, 6.07) is 0. The minimum Gasteiger partial charge on any atom is -0.0810 e. The molecular weight excluding hydrogens is 176 g/mol. The minimum absolute atomic E-state index is 0.191. The van der Waals surface area contributed by atoms with E-state index < -0.39 is 8.07 Å². The molecule has 0 unspecified atom stereocenters. The van der Waals surface area contributed by atoms with Gasteiger partial charge in [-0.1, -0.05) is 55.3 Å². The van der Waals surface area contributed by atoms with Gasteiger partial charge in [-0.25, -0.2) is 0 Å². The maximum atomic E-state index is 2.45. The molecule has 0 fully saturated rings. The van der Waals surface area contributed by atoms with E-state index in [-0.39, 0.29) is 8.80 Å². The molecule has 1 aliphatic carbocycles. The number of hydrogen-bond donors (Lipinski definition) is 0. The van der Waals surface area contributed by atoms with Gasteiger partial charge in [0.2, 0.25) is 0 Å². The quantitative estimate of drug-likeness (QED) is 0.592. The Morgan fingerprint density at radius 2 is 1.83 bits per heavy atom. The van der Waals surface area contributed by atoms with Crippen LogP contribution in [0.2, 0.25) is 32.7 Å². The first kappa shape index (κ1) is 10.00. The zero-order valence-corrected chi connectivity index (χ0v) is 10.9. The Morgan fingerprint density at radius 3 is 2.17 bits per heavy atom. The lowest BCUT2D eigenvalue weighted by Crippen LogP contribution is -2.25. The lowest BCUT2D eigenvalue weighted by molar-refractivity contribution is 1.37. The summed E-state index contributed by atoms with van der Waals surface area (Å²) in [5.74, 6) is 0. The Bertz CT molecular complexity index is 229. The van der Waals surface area contributed by atoms with Crippen LogP contribution in [-0.4, -0.2) is 16.9 Å². The van der Waals surface area contributed by atoms with Crippen LogP contribution in [0.4, 0.5) is 0 Å². The lowest BCUT2D eigenvalue weighted by Gasteiger charge is -2.20. The third kappa shape index (κ3) is 1.99. The Hall–Kier alpha value is -0.0862. The van der Waals surface area contributed by atoms with Gasteiger partial charge >= 0.3 is 0 Å². The van der Waals surface area contributed by atoms with E-state index in [1.807, 2.05) is 0 Å². The van der Waals surface area contributed by atoms with Crippen molar-refractivity contribution in [3.05, 3.63) is 22.5 Å². The van der Waals surface area contributed by atoms with E-state index in [1.165, 1.54) is 6.42 Å². The first-order valence-corrected chi connectivity index (χ1v) is 10.6. The normalized spacial score (nSPS) is 18.2. The maximum absolute atomic E-state index is 2.45. The summed E-state index contributed by atoms with van der Waals surface area (Å²) >= 11 is 0. The highest BCUT2D eigenvalue weighted by Gasteiger charge is 2.24. The van der Waals surface area contributed by atoms with E-state index in [0.29, 0.717) is 0 Å². The summed E-state index contributed by atoms with van der Waals surface area (Å²) in [4.78, 5) is 0. The highest BCUT2D eigenvalue weighted by atomic mass is 28.3. The molecule has 0 aromatic rings. The SMILES string of the molecule is C[Si](C)C1=C([Si](C)(C)C)C=CC1. The van der Waals surface area contributed by atoms with Gasteiger partial charge < -0.3 is 0 Å². The molecule has 0 aliphatic heterocycles. The second-order valence-electron chi connectivity index (χ2n) is 4.75. The van der Waals surface area contributed by atoms with Crippen molar-refractivity contribution in [2.24, 2.45) is 0 Å². The first-order chi connectivity index (χ1) is 5.43. The fourth-order valence-electron chi connectivity index (χ4n) is 1.68. The number of hydrogen-bond acceptors (Lipinski definition) is 0. The Labute approximate surface area is 79.0 Å². The Balaban J connectivity index is 2.98. The molecule has 67 valence electrons. The standard InChI is InChI=1S/C10H19Si2/c1-11(2)9-7-6-8-10(9)12(3,4)5/h6,8H,7H2,1-5H3. The van der Waals surface area contributed by atoms with E-state index in [0.717, 1.165) is 0 Å². The molecule has 1 rings (SSSR count). The molecule has 0 N–H and O–H groups in total. The van der Waals surface area contributed by atoms with Gasteiger partial charge in [0.05, 0.1) is 16.9 Å². The van der Waals surface area contributed by atoms with E-state index in [2.05, 4.69) is 44.9 Å². The summed E-state index contributed by atoms with van der Waals surface area (Å²) in [5, 5.41) is 3.53. The van der Waals surface area contributed by atoms with Crippen molar-refractivity contribution in [1.82, 2.24) is 0 Å². The van der Waals surface area contributed by atoms with Crippen LogP contribution in [-0.2, 0) is 0 Å². The van der Waals surface area contributed by atoms with Gasteiger partial charge in [0.1, 0.15) is 0 Å². The second-order valence-corrected chi connectivity index (χ2v) is 12.4. The smallest absolute Gasteiger partial charge is 0.0770 e. The molecule has 0 amide bonds. The van der Waals surface area contributed by atoms with E-state index in [9.17, 15) is 0 Å². The van der Waals surface area contributed by atoms with E-state index >= 15 is 0 Å². The van der Waals surface area contributed by atoms with Crippen molar-refractivity contribution >= 4 is 16.9 Å². The molecule has 0 aromatic carbocycles. The highest BCUT2D eigenvalue weighted by Crippen LogP contribution is 2.28. The molecule has 0 nitrogen and oxygen atoms in total. The second kappa shape index (κ2) is 3.34. The molecule has 2 heteroatoms. The molecule has 0 aromatic heterocycles. The molecule has 1 radical (unpaired) electrons. The van der Waals surface area contributed by atoms with Crippen molar-refractivity contribution in [2.45, 2.75) is 39.2 Å². The van der Waals surface area contributed by atoms with Gasteiger partial charge in [-0.3, -0.25) is 0 Å². The molecule has 0 heterocycles. The molecular formula is C10H19Si2. The highest BCUT2D eigenvalue weighted by molar-refractivity contribution is 6.85. The van der Waals surface area contributed by atoms with Crippen molar-refractivity contribution in [3.63, 3.8) is 0 Å². The number of rotatable bonds is 2. The molecule has 0 saturated carbocycles. The van der Waals surface area contributed by atoms with Crippen molar-refractivity contribution in [2.75, 3.05) is 0 Å². The average molecular weight is 195 g/mol. The molecule has 0 bridgehead atoms. The van der Waals surface area contributed by atoms with Crippen LogP contribution in [0.5, 0.6) is 0 Å².